The molecule has 0 aliphatic rings. The number of carboxylic acid groups (broad SMARTS) is 1. The summed E-state index contributed by atoms with van der Waals surface area (Å²) in [5.41, 5.74) is 2.12. The molecule has 1 amide bonds. The molecule has 29 heavy (non-hydrogen) atoms. The van der Waals surface area contributed by atoms with Crippen LogP contribution in [0.5, 0.6) is 0 Å². The first-order valence-electron chi connectivity index (χ1n) is 9.30. The second kappa shape index (κ2) is 8.26. The standard InChI is InChI=1S/C22H23N3O4/c1-22(2,3)21-24-20(29-25-21)17-10-5-4-9-16(17)19(28)23-15-8-6-7-14(13-15)11-12-18(26)27/h4-10,13H,11-12H2,1-3H3,(H,23,28)(H,26,27). The molecule has 3 aromatic rings. The van der Waals surface area contributed by atoms with E-state index >= 15 is 0 Å². The quantitative estimate of drug-likeness (QED) is 0.647. The molecule has 7 nitrogen and oxygen atoms in total. The molecule has 0 aliphatic heterocycles. The first-order chi connectivity index (χ1) is 13.7. The highest BCUT2D eigenvalue weighted by molar-refractivity contribution is 6.08. The third-order valence-corrected chi connectivity index (χ3v) is 4.31. The van der Waals surface area contributed by atoms with Crippen LogP contribution >= 0.6 is 0 Å². The number of aromatic nitrogens is 2. The van der Waals surface area contributed by atoms with Gasteiger partial charge in [-0.15, -0.1) is 0 Å². The predicted octanol–water partition coefficient (Wildman–Crippen LogP) is 4.30. The molecule has 0 unspecified atom stereocenters. The number of rotatable bonds is 6. The topological polar surface area (TPSA) is 105 Å². The number of aliphatic carboxylic acids is 1. The number of hydrogen-bond donors (Lipinski definition) is 2. The molecular weight excluding hydrogens is 370 g/mol. The van der Waals surface area contributed by atoms with Gasteiger partial charge in [-0.1, -0.05) is 50.2 Å². The Morgan fingerprint density at radius 1 is 1.10 bits per heavy atom. The summed E-state index contributed by atoms with van der Waals surface area (Å²) < 4.78 is 5.40. The molecule has 0 atom stereocenters. The van der Waals surface area contributed by atoms with Gasteiger partial charge in [0.05, 0.1) is 11.1 Å². The zero-order valence-electron chi connectivity index (χ0n) is 16.6. The fourth-order valence-corrected chi connectivity index (χ4v) is 2.76. The summed E-state index contributed by atoms with van der Waals surface area (Å²) in [6.07, 6.45) is 0.431. The second-order valence-electron chi connectivity index (χ2n) is 7.77. The molecule has 2 N–H and O–H groups in total. The molecule has 7 heteroatoms. The first kappa shape index (κ1) is 20.3. The van der Waals surface area contributed by atoms with Crippen molar-refractivity contribution < 1.29 is 19.2 Å². The Balaban J connectivity index is 1.83. The molecule has 0 fully saturated rings. The molecule has 3 rings (SSSR count). The predicted molar refractivity (Wildman–Crippen MR) is 109 cm³/mol. The van der Waals surface area contributed by atoms with Gasteiger partial charge in [0.25, 0.3) is 11.8 Å². The highest BCUT2D eigenvalue weighted by Gasteiger charge is 2.23. The summed E-state index contributed by atoms with van der Waals surface area (Å²) in [6, 6.07) is 14.2. The lowest BCUT2D eigenvalue weighted by Gasteiger charge is -2.11. The van der Waals surface area contributed by atoms with Gasteiger partial charge in [-0.25, -0.2) is 0 Å². The van der Waals surface area contributed by atoms with Gasteiger partial charge in [-0.3, -0.25) is 9.59 Å². The van der Waals surface area contributed by atoms with E-state index in [1.54, 1.807) is 42.5 Å². The first-order valence-corrected chi connectivity index (χ1v) is 9.30. The van der Waals surface area contributed by atoms with Gasteiger partial charge in [0.15, 0.2) is 5.82 Å². The summed E-state index contributed by atoms with van der Waals surface area (Å²) in [5.74, 6) is -0.321. The number of carboxylic acids is 1. The highest BCUT2D eigenvalue weighted by atomic mass is 16.5. The van der Waals surface area contributed by atoms with E-state index in [1.165, 1.54) is 0 Å². The number of benzene rings is 2. The SMILES string of the molecule is CC(C)(C)c1noc(-c2ccccc2C(=O)Nc2cccc(CCC(=O)O)c2)n1. The van der Waals surface area contributed by atoms with Crippen molar-refractivity contribution in [3.8, 4) is 11.5 Å². The largest absolute Gasteiger partial charge is 0.481 e. The van der Waals surface area contributed by atoms with Crippen LogP contribution in [0.4, 0.5) is 5.69 Å². The van der Waals surface area contributed by atoms with Gasteiger partial charge in [0, 0.05) is 17.5 Å². The fraction of sp³-hybridized carbons (Fsp3) is 0.273. The van der Waals surface area contributed by atoms with E-state index in [9.17, 15) is 9.59 Å². The van der Waals surface area contributed by atoms with Crippen molar-refractivity contribution in [2.75, 3.05) is 5.32 Å². The van der Waals surface area contributed by atoms with Crippen LogP contribution in [0.1, 0.15) is 48.9 Å². The molecule has 2 aromatic carbocycles. The maximum atomic E-state index is 12.9. The van der Waals surface area contributed by atoms with Crippen LogP contribution in [-0.4, -0.2) is 27.1 Å². The Kier molecular flexibility index (Phi) is 5.77. The van der Waals surface area contributed by atoms with E-state index < -0.39 is 5.97 Å². The van der Waals surface area contributed by atoms with Crippen molar-refractivity contribution in [3.05, 3.63) is 65.5 Å². The number of hydrogen-bond acceptors (Lipinski definition) is 5. The Morgan fingerprint density at radius 2 is 1.86 bits per heavy atom. The van der Waals surface area contributed by atoms with Crippen molar-refractivity contribution in [3.63, 3.8) is 0 Å². The average Bonchev–Trinajstić information content (AvgIpc) is 3.17. The number of amides is 1. The molecule has 0 radical (unpaired) electrons. The van der Waals surface area contributed by atoms with Gasteiger partial charge in [0.2, 0.25) is 0 Å². The van der Waals surface area contributed by atoms with Gasteiger partial charge in [-0.2, -0.15) is 4.98 Å². The normalized spacial score (nSPS) is 11.3. The van der Waals surface area contributed by atoms with Crippen molar-refractivity contribution in [1.29, 1.82) is 0 Å². The van der Waals surface area contributed by atoms with E-state index in [4.69, 9.17) is 9.63 Å². The van der Waals surface area contributed by atoms with Gasteiger partial charge < -0.3 is 14.9 Å². The zero-order chi connectivity index (χ0) is 21.0. The number of nitrogens with zero attached hydrogens (tertiary/aromatic N) is 2. The maximum Gasteiger partial charge on any atom is 0.303 e. The van der Waals surface area contributed by atoms with Gasteiger partial charge in [0.1, 0.15) is 0 Å². The molecular formula is C22H23N3O4. The summed E-state index contributed by atoms with van der Waals surface area (Å²) in [5, 5.41) is 15.7. The monoisotopic (exact) mass is 393 g/mol. The van der Waals surface area contributed by atoms with Crippen molar-refractivity contribution >= 4 is 17.6 Å². The molecule has 0 saturated heterocycles. The van der Waals surface area contributed by atoms with Crippen LogP contribution in [0.25, 0.3) is 11.5 Å². The minimum Gasteiger partial charge on any atom is -0.481 e. The van der Waals surface area contributed by atoms with Crippen LogP contribution in [0.15, 0.2) is 53.1 Å². The lowest BCUT2D eigenvalue weighted by atomic mass is 9.96. The van der Waals surface area contributed by atoms with Crippen LogP contribution in [0.3, 0.4) is 0 Å². The minimum atomic E-state index is -0.859. The van der Waals surface area contributed by atoms with E-state index in [0.29, 0.717) is 29.1 Å². The number of carbonyl (C=O) groups is 2. The third-order valence-electron chi connectivity index (χ3n) is 4.31. The van der Waals surface area contributed by atoms with E-state index in [0.717, 1.165) is 5.56 Å². The molecule has 0 saturated carbocycles. The zero-order valence-corrected chi connectivity index (χ0v) is 16.6. The fourth-order valence-electron chi connectivity index (χ4n) is 2.76. The molecule has 0 aliphatic carbocycles. The van der Waals surface area contributed by atoms with Crippen LogP contribution in [0.2, 0.25) is 0 Å². The molecule has 1 heterocycles. The second-order valence-corrected chi connectivity index (χ2v) is 7.77. The Hall–Kier alpha value is -3.48. The molecule has 0 spiro atoms. The number of anilines is 1. The van der Waals surface area contributed by atoms with Gasteiger partial charge >= 0.3 is 5.97 Å². The molecule has 0 bridgehead atoms. The summed E-state index contributed by atoms with van der Waals surface area (Å²) >= 11 is 0. The summed E-state index contributed by atoms with van der Waals surface area (Å²) in [7, 11) is 0. The van der Waals surface area contributed by atoms with Crippen molar-refractivity contribution in [2.45, 2.75) is 39.0 Å². The van der Waals surface area contributed by atoms with E-state index in [2.05, 4.69) is 15.5 Å². The smallest absolute Gasteiger partial charge is 0.303 e. The summed E-state index contributed by atoms with van der Waals surface area (Å²) in [6.45, 7) is 5.95. The van der Waals surface area contributed by atoms with Crippen LogP contribution in [-0.2, 0) is 16.6 Å². The number of aryl methyl sites for hydroxylation is 1. The van der Waals surface area contributed by atoms with E-state index in [-0.39, 0.29) is 23.6 Å². The van der Waals surface area contributed by atoms with E-state index in [1.807, 2.05) is 26.8 Å². The molecule has 150 valence electrons. The summed E-state index contributed by atoms with van der Waals surface area (Å²) in [4.78, 5) is 28.1. The lowest BCUT2D eigenvalue weighted by molar-refractivity contribution is -0.136. The number of carbonyl (C=O) groups excluding carboxylic acids is 1. The Morgan fingerprint density at radius 3 is 2.55 bits per heavy atom. The van der Waals surface area contributed by atoms with Crippen LogP contribution < -0.4 is 5.32 Å². The number of nitrogens with one attached hydrogen (secondary N) is 1. The minimum absolute atomic E-state index is 0.0352. The van der Waals surface area contributed by atoms with Crippen molar-refractivity contribution in [2.24, 2.45) is 0 Å². The molecule has 1 aromatic heterocycles. The van der Waals surface area contributed by atoms with Crippen LogP contribution in [0, 0.1) is 0 Å². The Labute approximate surface area is 168 Å². The maximum absolute atomic E-state index is 12.9. The highest BCUT2D eigenvalue weighted by Crippen LogP contribution is 2.26. The third kappa shape index (κ3) is 5.07. The Bertz CT molecular complexity index is 1030. The lowest BCUT2D eigenvalue weighted by Crippen LogP contribution is -2.14. The average molecular weight is 393 g/mol. The van der Waals surface area contributed by atoms with Gasteiger partial charge in [-0.05, 0) is 36.2 Å². The van der Waals surface area contributed by atoms with Crippen molar-refractivity contribution in [1.82, 2.24) is 10.1 Å².